The Morgan fingerprint density at radius 1 is 1.33 bits per heavy atom. The van der Waals surface area contributed by atoms with Crippen molar-refractivity contribution in [1.29, 1.82) is 5.41 Å². The van der Waals surface area contributed by atoms with Gasteiger partial charge in [0.2, 0.25) is 0 Å². The van der Waals surface area contributed by atoms with E-state index in [2.05, 4.69) is 34.6 Å². The molecule has 0 fully saturated rings. The molecule has 0 unspecified atom stereocenters. The zero-order chi connectivity index (χ0) is 9.94. The van der Waals surface area contributed by atoms with Crippen LogP contribution in [0.1, 0.15) is 34.6 Å². The molecule has 0 rings (SSSR count). The first-order valence-corrected chi connectivity index (χ1v) is 4.55. The zero-order valence-corrected chi connectivity index (χ0v) is 9.23. The van der Waals surface area contributed by atoms with Crippen LogP contribution in [0.15, 0.2) is 0 Å². The van der Waals surface area contributed by atoms with Gasteiger partial charge in [-0.1, -0.05) is 34.6 Å². The Morgan fingerprint density at radius 3 is 2.00 bits per heavy atom. The maximum Gasteiger partial charge on any atom is 0.101 e. The van der Waals surface area contributed by atoms with E-state index in [0.29, 0.717) is 5.92 Å². The largest absolute Gasteiger partial charge is 0.363 e. The van der Waals surface area contributed by atoms with E-state index in [9.17, 15) is 0 Å². The van der Waals surface area contributed by atoms with E-state index in [-0.39, 0.29) is 5.41 Å². The van der Waals surface area contributed by atoms with Gasteiger partial charge in [0.05, 0.1) is 0 Å². The molecule has 0 saturated carbocycles. The van der Waals surface area contributed by atoms with Gasteiger partial charge in [-0.3, -0.25) is 5.41 Å². The van der Waals surface area contributed by atoms with Crippen molar-refractivity contribution in [2.75, 3.05) is 13.6 Å². The van der Waals surface area contributed by atoms with Crippen LogP contribution < -0.4 is 0 Å². The molecule has 0 bridgehead atoms. The van der Waals surface area contributed by atoms with Gasteiger partial charge >= 0.3 is 0 Å². The Labute approximate surface area is 76.5 Å². The fourth-order valence-corrected chi connectivity index (χ4v) is 1.21. The van der Waals surface area contributed by atoms with Crippen molar-refractivity contribution in [2.24, 2.45) is 11.3 Å². The molecule has 0 aliphatic heterocycles. The number of hydrogen-bond acceptors (Lipinski definition) is 1. The minimum atomic E-state index is -0.0242. The zero-order valence-electron chi connectivity index (χ0n) is 9.23. The molecule has 0 atom stereocenters. The van der Waals surface area contributed by atoms with Crippen molar-refractivity contribution >= 4 is 5.84 Å². The second-order valence-corrected chi connectivity index (χ2v) is 4.87. The molecule has 0 aromatic rings. The maximum absolute atomic E-state index is 7.87. The van der Waals surface area contributed by atoms with Crippen LogP contribution in [0.3, 0.4) is 0 Å². The first-order chi connectivity index (χ1) is 5.25. The molecule has 0 saturated heterocycles. The maximum atomic E-state index is 7.87. The Hall–Kier alpha value is -0.530. The first kappa shape index (κ1) is 11.5. The third kappa shape index (κ3) is 3.74. The lowest BCUT2D eigenvalue weighted by Gasteiger charge is -2.30. The fourth-order valence-electron chi connectivity index (χ4n) is 1.21. The Bertz CT molecular complexity index is 154. The number of hydrogen-bond donors (Lipinski definition) is 1. The second kappa shape index (κ2) is 3.92. The van der Waals surface area contributed by atoms with Gasteiger partial charge < -0.3 is 4.90 Å². The molecule has 0 radical (unpaired) electrons. The standard InChI is InChI=1S/C10H22N2/c1-8(2)7-12(6)9(11)10(3,4)5/h8,11H,7H2,1-6H3. The third-order valence-electron chi connectivity index (χ3n) is 1.73. The summed E-state index contributed by atoms with van der Waals surface area (Å²) in [5.74, 6) is 1.34. The van der Waals surface area contributed by atoms with Gasteiger partial charge in [0, 0.05) is 19.0 Å². The van der Waals surface area contributed by atoms with Crippen molar-refractivity contribution in [1.82, 2.24) is 4.90 Å². The van der Waals surface area contributed by atoms with Crippen LogP contribution in [0.5, 0.6) is 0 Å². The van der Waals surface area contributed by atoms with Crippen LogP contribution in [0, 0.1) is 16.7 Å². The minimum Gasteiger partial charge on any atom is -0.363 e. The molecule has 0 aliphatic carbocycles. The molecule has 12 heavy (non-hydrogen) atoms. The quantitative estimate of drug-likeness (QED) is 0.500. The summed E-state index contributed by atoms with van der Waals surface area (Å²) in [6.45, 7) is 11.5. The normalized spacial score (nSPS) is 11.9. The SMILES string of the molecule is CC(C)CN(C)C(=N)C(C)(C)C. The van der Waals surface area contributed by atoms with Crippen LogP contribution in [0.4, 0.5) is 0 Å². The molecule has 0 aromatic heterocycles. The number of amidine groups is 1. The van der Waals surface area contributed by atoms with Gasteiger partial charge in [-0.15, -0.1) is 0 Å². The fraction of sp³-hybridized carbons (Fsp3) is 0.900. The van der Waals surface area contributed by atoms with Crippen molar-refractivity contribution in [3.8, 4) is 0 Å². The van der Waals surface area contributed by atoms with E-state index in [0.717, 1.165) is 12.4 Å². The highest BCUT2D eigenvalue weighted by molar-refractivity contribution is 5.83. The Morgan fingerprint density at radius 2 is 1.75 bits per heavy atom. The molecule has 0 spiro atoms. The van der Waals surface area contributed by atoms with Gasteiger partial charge in [-0.2, -0.15) is 0 Å². The summed E-state index contributed by atoms with van der Waals surface area (Å²) in [7, 11) is 1.99. The molecule has 1 N–H and O–H groups in total. The predicted molar refractivity (Wildman–Crippen MR) is 54.6 cm³/mol. The summed E-state index contributed by atoms with van der Waals surface area (Å²) >= 11 is 0. The van der Waals surface area contributed by atoms with Crippen molar-refractivity contribution in [3.63, 3.8) is 0 Å². The average molecular weight is 170 g/mol. The summed E-state index contributed by atoms with van der Waals surface area (Å²) in [5, 5.41) is 7.87. The highest BCUT2D eigenvalue weighted by Gasteiger charge is 2.20. The molecule has 0 amide bonds. The molecule has 0 heterocycles. The lowest BCUT2D eigenvalue weighted by Crippen LogP contribution is -2.38. The van der Waals surface area contributed by atoms with Crippen LogP contribution in [0.2, 0.25) is 0 Å². The summed E-state index contributed by atoms with van der Waals surface area (Å²) in [4.78, 5) is 2.03. The van der Waals surface area contributed by atoms with E-state index in [1.165, 1.54) is 0 Å². The number of rotatable bonds is 2. The summed E-state index contributed by atoms with van der Waals surface area (Å²) in [6.07, 6.45) is 0. The summed E-state index contributed by atoms with van der Waals surface area (Å²) in [5.41, 5.74) is -0.0242. The Balaban J connectivity index is 4.12. The molecule has 2 heteroatoms. The molecule has 72 valence electrons. The van der Waals surface area contributed by atoms with E-state index >= 15 is 0 Å². The molecule has 2 nitrogen and oxygen atoms in total. The number of nitrogens with zero attached hydrogens (tertiary/aromatic N) is 1. The monoisotopic (exact) mass is 170 g/mol. The predicted octanol–water partition coefficient (Wildman–Crippen LogP) is 2.60. The van der Waals surface area contributed by atoms with Gasteiger partial charge in [-0.25, -0.2) is 0 Å². The van der Waals surface area contributed by atoms with E-state index in [4.69, 9.17) is 5.41 Å². The van der Waals surface area contributed by atoms with Crippen LogP contribution in [0.25, 0.3) is 0 Å². The lowest BCUT2D eigenvalue weighted by molar-refractivity contribution is 0.377. The van der Waals surface area contributed by atoms with Crippen LogP contribution in [-0.2, 0) is 0 Å². The van der Waals surface area contributed by atoms with Gasteiger partial charge in [0.15, 0.2) is 0 Å². The van der Waals surface area contributed by atoms with Gasteiger partial charge in [0.25, 0.3) is 0 Å². The van der Waals surface area contributed by atoms with Crippen molar-refractivity contribution < 1.29 is 0 Å². The number of nitrogens with one attached hydrogen (secondary N) is 1. The lowest BCUT2D eigenvalue weighted by atomic mass is 9.94. The average Bonchev–Trinajstić information content (AvgIpc) is 1.82. The van der Waals surface area contributed by atoms with E-state index in [1.807, 2.05) is 11.9 Å². The minimum absolute atomic E-state index is 0.0242. The van der Waals surface area contributed by atoms with Gasteiger partial charge in [0.1, 0.15) is 5.84 Å². The topological polar surface area (TPSA) is 27.1 Å². The van der Waals surface area contributed by atoms with Gasteiger partial charge in [-0.05, 0) is 5.92 Å². The third-order valence-corrected chi connectivity index (χ3v) is 1.73. The Kier molecular flexibility index (Phi) is 3.75. The second-order valence-electron chi connectivity index (χ2n) is 4.87. The van der Waals surface area contributed by atoms with Crippen LogP contribution in [-0.4, -0.2) is 24.3 Å². The van der Waals surface area contributed by atoms with E-state index < -0.39 is 0 Å². The molecular weight excluding hydrogens is 148 g/mol. The first-order valence-electron chi connectivity index (χ1n) is 4.55. The molecular formula is C10H22N2. The highest BCUT2D eigenvalue weighted by Crippen LogP contribution is 2.17. The molecule has 0 aromatic carbocycles. The summed E-state index contributed by atoms with van der Waals surface area (Å²) in [6, 6.07) is 0. The highest BCUT2D eigenvalue weighted by atomic mass is 15.1. The van der Waals surface area contributed by atoms with Crippen molar-refractivity contribution in [2.45, 2.75) is 34.6 Å². The summed E-state index contributed by atoms with van der Waals surface area (Å²) < 4.78 is 0. The molecule has 0 aliphatic rings. The van der Waals surface area contributed by atoms with Crippen molar-refractivity contribution in [3.05, 3.63) is 0 Å². The van der Waals surface area contributed by atoms with E-state index in [1.54, 1.807) is 0 Å². The van der Waals surface area contributed by atoms with Crippen LogP contribution >= 0.6 is 0 Å². The smallest absolute Gasteiger partial charge is 0.101 e.